The number of aliphatic hydroxyl groups is 2. The van der Waals surface area contributed by atoms with Gasteiger partial charge in [-0.3, -0.25) is 18.7 Å². The largest absolute Gasteiger partial charge is 0.444 e. The molecule has 14 nitrogen and oxygen atoms in total. The number of hydrogen-bond donors (Lipinski definition) is 3. The third-order valence-electron chi connectivity index (χ3n) is 7.86. The number of aliphatic hydroxyl groups excluding tert-OH is 2. The van der Waals surface area contributed by atoms with Gasteiger partial charge in [0.25, 0.3) is 11.1 Å². The van der Waals surface area contributed by atoms with Gasteiger partial charge in [-0.1, -0.05) is 0 Å². The van der Waals surface area contributed by atoms with Crippen LogP contribution in [0.25, 0.3) is 22.3 Å². The number of ether oxygens (including phenoxy) is 1. The summed E-state index contributed by atoms with van der Waals surface area (Å²) >= 11 is 0. The Morgan fingerprint density at radius 3 is 1.73 bits per heavy atom. The fourth-order valence-electron chi connectivity index (χ4n) is 5.68. The Hall–Kier alpha value is -4.27. The Morgan fingerprint density at radius 2 is 1.29 bits per heavy atom. The SMILES string of the molecule is CC(C)(C)OC(=O)N1CCC(n2c(=O)cnc3ccc(CO)nc32)CC1.O=c1cnc2ccc(CO)nc2n1C1CCNCC1. The first-order valence-electron chi connectivity index (χ1n) is 15.2. The van der Waals surface area contributed by atoms with Crippen molar-refractivity contribution >= 4 is 28.4 Å². The molecule has 0 saturated carbocycles. The lowest BCUT2D eigenvalue weighted by Crippen LogP contribution is -2.43. The summed E-state index contributed by atoms with van der Waals surface area (Å²) in [5.41, 5.74) is 2.51. The number of carbonyl (C=O) groups excluding carboxylic acids is 1. The van der Waals surface area contributed by atoms with E-state index in [1.54, 1.807) is 38.3 Å². The number of nitrogens with one attached hydrogen (secondary N) is 1. The molecular formula is C31H40N8O6. The van der Waals surface area contributed by atoms with Crippen molar-refractivity contribution in [2.75, 3.05) is 26.2 Å². The highest BCUT2D eigenvalue weighted by molar-refractivity contribution is 5.71. The predicted molar refractivity (Wildman–Crippen MR) is 167 cm³/mol. The molecule has 3 N–H and O–H groups in total. The van der Waals surface area contributed by atoms with Gasteiger partial charge < -0.3 is 25.2 Å². The molecule has 2 fully saturated rings. The average molecular weight is 621 g/mol. The van der Waals surface area contributed by atoms with E-state index >= 15 is 0 Å². The van der Waals surface area contributed by atoms with Gasteiger partial charge in [-0.25, -0.2) is 24.7 Å². The lowest BCUT2D eigenvalue weighted by Gasteiger charge is -2.34. The molecule has 4 aromatic heterocycles. The number of nitrogens with zero attached hydrogens (tertiary/aromatic N) is 7. The van der Waals surface area contributed by atoms with E-state index in [1.165, 1.54) is 12.4 Å². The molecule has 0 bridgehead atoms. The van der Waals surface area contributed by atoms with Crippen LogP contribution in [0.4, 0.5) is 4.79 Å². The Kier molecular flexibility index (Phi) is 9.85. The predicted octanol–water partition coefficient (Wildman–Crippen LogP) is 2.06. The summed E-state index contributed by atoms with van der Waals surface area (Å²) in [6.45, 7) is 8.01. The second-order valence-electron chi connectivity index (χ2n) is 12.2. The van der Waals surface area contributed by atoms with Crippen LogP contribution in [-0.4, -0.2) is 82.1 Å². The number of piperidine rings is 2. The maximum absolute atomic E-state index is 12.4. The fourth-order valence-corrected chi connectivity index (χ4v) is 5.68. The number of pyridine rings is 2. The van der Waals surface area contributed by atoms with Gasteiger partial charge in [0.2, 0.25) is 0 Å². The molecule has 4 aromatic rings. The monoisotopic (exact) mass is 620 g/mol. The number of rotatable bonds is 4. The first kappa shape index (κ1) is 32.1. The maximum Gasteiger partial charge on any atom is 0.410 e. The van der Waals surface area contributed by atoms with E-state index < -0.39 is 5.60 Å². The minimum atomic E-state index is -0.531. The molecule has 1 amide bonds. The lowest BCUT2D eigenvalue weighted by molar-refractivity contribution is 0.0188. The molecule has 0 unspecified atom stereocenters. The van der Waals surface area contributed by atoms with Crippen LogP contribution in [0.1, 0.15) is 69.9 Å². The summed E-state index contributed by atoms with van der Waals surface area (Å²) in [5, 5.41) is 21.8. The minimum Gasteiger partial charge on any atom is -0.444 e. The normalized spacial score (nSPS) is 16.4. The van der Waals surface area contributed by atoms with Crippen molar-refractivity contribution in [2.45, 2.75) is 77.4 Å². The molecule has 2 aliphatic heterocycles. The van der Waals surface area contributed by atoms with Crippen molar-refractivity contribution in [1.29, 1.82) is 0 Å². The molecule has 0 spiro atoms. The van der Waals surface area contributed by atoms with E-state index in [2.05, 4.69) is 25.3 Å². The number of aromatic nitrogens is 6. The molecular weight excluding hydrogens is 580 g/mol. The number of likely N-dealkylation sites (tertiary alicyclic amines) is 1. The van der Waals surface area contributed by atoms with Crippen molar-refractivity contribution in [3.05, 3.63) is 68.8 Å². The van der Waals surface area contributed by atoms with Crippen LogP contribution in [0.2, 0.25) is 0 Å². The number of fused-ring (bicyclic) bond motifs is 2. The van der Waals surface area contributed by atoms with Gasteiger partial charge in [0.05, 0.1) is 37.0 Å². The molecule has 45 heavy (non-hydrogen) atoms. The van der Waals surface area contributed by atoms with E-state index in [4.69, 9.17) is 4.74 Å². The third-order valence-corrected chi connectivity index (χ3v) is 7.86. The zero-order valence-corrected chi connectivity index (χ0v) is 25.8. The third kappa shape index (κ3) is 7.52. The first-order valence-corrected chi connectivity index (χ1v) is 15.2. The van der Waals surface area contributed by atoms with Gasteiger partial charge >= 0.3 is 6.09 Å². The van der Waals surface area contributed by atoms with Crippen molar-refractivity contribution in [3.8, 4) is 0 Å². The molecule has 14 heteroatoms. The summed E-state index contributed by atoms with van der Waals surface area (Å²) in [5.74, 6) is 0. The van der Waals surface area contributed by atoms with Crippen LogP contribution >= 0.6 is 0 Å². The summed E-state index contributed by atoms with van der Waals surface area (Å²) in [6, 6.07) is 7.04. The highest BCUT2D eigenvalue weighted by atomic mass is 16.6. The van der Waals surface area contributed by atoms with Gasteiger partial charge in [-0.05, 0) is 83.8 Å². The molecule has 0 atom stereocenters. The zero-order chi connectivity index (χ0) is 32.1. The van der Waals surface area contributed by atoms with Gasteiger partial charge in [-0.2, -0.15) is 0 Å². The first-order chi connectivity index (χ1) is 21.6. The van der Waals surface area contributed by atoms with E-state index in [0.717, 1.165) is 25.9 Å². The summed E-state index contributed by atoms with van der Waals surface area (Å²) < 4.78 is 8.77. The highest BCUT2D eigenvalue weighted by Gasteiger charge is 2.29. The Bertz CT molecular complexity index is 1770. The van der Waals surface area contributed by atoms with Crippen molar-refractivity contribution in [1.82, 2.24) is 39.3 Å². The van der Waals surface area contributed by atoms with Crippen molar-refractivity contribution in [3.63, 3.8) is 0 Å². The zero-order valence-electron chi connectivity index (χ0n) is 25.8. The molecule has 2 saturated heterocycles. The van der Waals surface area contributed by atoms with E-state index in [9.17, 15) is 24.6 Å². The fraction of sp³-hybridized carbons (Fsp3) is 0.516. The lowest BCUT2D eigenvalue weighted by atomic mass is 10.0. The van der Waals surface area contributed by atoms with Crippen LogP contribution in [0.5, 0.6) is 0 Å². The summed E-state index contributed by atoms with van der Waals surface area (Å²) in [6.07, 6.45) is 5.39. The standard InChI is InChI=1S/C18H24N4O4.C13H16N4O2/c1-18(2,3)26-17(25)21-8-6-13(7-9-21)22-15(24)10-19-14-5-4-12(11-23)20-16(14)22;18-8-9-1-2-11-13(16-9)17(12(19)7-15-11)10-3-5-14-6-4-10/h4-5,10,13,23H,6-9,11H2,1-3H3;1-2,7,10,14,18H,3-6,8H2. The maximum atomic E-state index is 12.4. The van der Waals surface area contributed by atoms with Crippen LogP contribution in [0.3, 0.4) is 0 Å². The van der Waals surface area contributed by atoms with E-state index in [0.29, 0.717) is 59.6 Å². The van der Waals surface area contributed by atoms with E-state index in [1.807, 2.05) is 20.8 Å². The molecule has 0 aromatic carbocycles. The van der Waals surface area contributed by atoms with Crippen molar-refractivity contribution < 1.29 is 19.7 Å². The van der Waals surface area contributed by atoms with Gasteiger partial charge in [0.15, 0.2) is 11.3 Å². The Labute approximate surface area is 259 Å². The number of amides is 1. The van der Waals surface area contributed by atoms with E-state index in [-0.39, 0.29) is 42.5 Å². The topological polar surface area (TPSA) is 178 Å². The average Bonchev–Trinajstić information content (AvgIpc) is 3.04. The highest BCUT2D eigenvalue weighted by Crippen LogP contribution is 2.25. The number of carbonyl (C=O) groups is 1. The molecule has 240 valence electrons. The molecule has 6 heterocycles. The van der Waals surface area contributed by atoms with Crippen LogP contribution in [0.15, 0.2) is 46.2 Å². The van der Waals surface area contributed by atoms with Gasteiger partial charge in [0, 0.05) is 25.2 Å². The second-order valence-corrected chi connectivity index (χ2v) is 12.2. The quantitative estimate of drug-likeness (QED) is 0.304. The molecule has 0 radical (unpaired) electrons. The molecule has 6 rings (SSSR count). The van der Waals surface area contributed by atoms with Crippen LogP contribution < -0.4 is 16.4 Å². The molecule has 0 aliphatic carbocycles. The van der Waals surface area contributed by atoms with Crippen LogP contribution in [-0.2, 0) is 18.0 Å². The van der Waals surface area contributed by atoms with Crippen molar-refractivity contribution in [2.24, 2.45) is 0 Å². The van der Waals surface area contributed by atoms with Gasteiger partial charge in [-0.15, -0.1) is 0 Å². The summed E-state index contributed by atoms with van der Waals surface area (Å²) in [4.78, 5) is 55.4. The second kappa shape index (κ2) is 13.8. The minimum absolute atomic E-state index is 0.0758. The molecule has 2 aliphatic rings. The smallest absolute Gasteiger partial charge is 0.410 e. The summed E-state index contributed by atoms with van der Waals surface area (Å²) in [7, 11) is 0. The Balaban J connectivity index is 0.000000186. The van der Waals surface area contributed by atoms with Crippen LogP contribution in [0, 0.1) is 0 Å². The number of hydrogen-bond acceptors (Lipinski definition) is 11. The van der Waals surface area contributed by atoms with Gasteiger partial charge in [0.1, 0.15) is 16.6 Å². The Morgan fingerprint density at radius 1 is 0.822 bits per heavy atom.